The zero-order valence-electron chi connectivity index (χ0n) is 18.9. The fourth-order valence-corrected chi connectivity index (χ4v) is 4.44. The highest BCUT2D eigenvalue weighted by atomic mass is 16.6. The van der Waals surface area contributed by atoms with Crippen molar-refractivity contribution in [2.45, 2.75) is 51.3 Å². The maximum absolute atomic E-state index is 12.5. The van der Waals surface area contributed by atoms with E-state index < -0.39 is 0 Å². The minimum atomic E-state index is -0.330. The number of rotatable bonds is 6. The van der Waals surface area contributed by atoms with Crippen molar-refractivity contribution >= 4 is 17.9 Å². The van der Waals surface area contributed by atoms with Crippen molar-refractivity contribution in [3.63, 3.8) is 0 Å². The van der Waals surface area contributed by atoms with Crippen LogP contribution < -0.4 is 5.32 Å². The quantitative estimate of drug-likeness (QED) is 0.729. The molecule has 0 aliphatic carbocycles. The Morgan fingerprint density at radius 2 is 1.64 bits per heavy atom. The van der Waals surface area contributed by atoms with Gasteiger partial charge in [-0.05, 0) is 48.9 Å². The molecule has 174 valence electrons. The van der Waals surface area contributed by atoms with Crippen LogP contribution in [0.5, 0.6) is 0 Å². The van der Waals surface area contributed by atoms with E-state index in [9.17, 15) is 14.4 Å². The van der Waals surface area contributed by atoms with E-state index >= 15 is 0 Å². The van der Waals surface area contributed by atoms with Gasteiger partial charge in [-0.15, -0.1) is 0 Å². The summed E-state index contributed by atoms with van der Waals surface area (Å²) in [6.45, 7) is 2.69. The molecular weight excluding hydrogens is 418 g/mol. The Kier molecular flexibility index (Phi) is 7.60. The van der Waals surface area contributed by atoms with E-state index in [0.29, 0.717) is 31.6 Å². The first-order valence-corrected chi connectivity index (χ1v) is 11.7. The van der Waals surface area contributed by atoms with Crippen LogP contribution in [0.3, 0.4) is 0 Å². The Labute approximate surface area is 194 Å². The molecule has 3 amide bonds. The number of amides is 3. The first-order valence-electron chi connectivity index (χ1n) is 11.7. The van der Waals surface area contributed by atoms with Gasteiger partial charge in [-0.25, -0.2) is 4.79 Å². The minimum absolute atomic E-state index is 0.141. The van der Waals surface area contributed by atoms with E-state index in [1.165, 1.54) is 0 Å². The van der Waals surface area contributed by atoms with Crippen molar-refractivity contribution in [1.82, 2.24) is 15.1 Å². The molecule has 2 heterocycles. The van der Waals surface area contributed by atoms with Gasteiger partial charge in [0.25, 0.3) is 5.91 Å². The van der Waals surface area contributed by atoms with Crippen LogP contribution >= 0.6 is 0 Å². The minimum Gasteiger partial charge on any atom is -0.445 e. The van der Waals surface area contributed by atoms with Crippen molar-refractivity contribution in [3.05, 3.63) is 71.3 Å². The van der Waals surface area contributed by atoms with Crippen LogP contribution in [0.4, 0.5) is 4.79 Å². The fraction of sp³-hybridized carbons (Fsp3) is 0.423. The van der Waals surface area contributed by atoms with Crippen LogP contribution in [0.2, 0.25) is 0 Å². The molecule has 2 fully saturated rings. The number of nitrogens with one attached hydrogen (secondary N) is 1. The zero-order valence-corrected chi connectivity index (χ0v) is 18.9. The molecule has 7 nitrogen and oxygen atoms in total. The third-order valence-corrected chi connectivity index (χ3v) is 6.40. The van der Waals surface area contributed by atoms with Crippen LogP contribution in [0.25, 0.3) is 0 Å². The van der Waals surface area contributed by atoms with Gasteiger partial charge >= 0.3 is 6.09 Å². The first kappa shape index (κ1) is 22.8. The second-order valence-electron chi connectivity index (χ2n) is 8.68. The average Bonchev–Trinajstić information content (AvgIpc) is 2.87. The smallest absolute Gasteiger partial charge is 0.410 e. The van der Waals surface area contributed by atoms with Gasteiger partial charge in [0.15, 0.2) is 0 Å². The van der Waals surface area contributed by atoms with Gasteiger partial charge in [-0.1, -0.05) is 42.5 Å². The van der Waals surface area contributed by atoms with E-state index in [2.05, 4.69) is 5.32 Å². The SMILES string of the molecule is O=C(NCc1ccccc1)c1ccc(COC(=O)N2CCC(N3CCCCC3=O)CC2)cc1. The molecule has 0 unspecified atom stereocenters. The van der Waals surface area contributed by atoms with E-state index in [-0.39, 0.29) is 30.6 Å². The van der Waals surface area contributed by atoms with E-state index in [1.807, 2.05) is 35.2 Å². The lowest BCUT2D eigenvalue weighted by atomic mass is 10.00. The Bertz CT molecular complexity index is 953. The molecule has 0 spiro atoms. The summed E-state index contributed by atoms with van der Waals surface area (Å²) in [6, 6.07) is 17.1. The van der Waals surface area contributed by atoms with Crippen molar-refractivity contribution in [3.8, 4) is 0 Å². The Morgan fingerprint density at radius 3 is 2.33 bits per heavy atom. The van der Waals surface area contributed by atoms with E-state index in [1.54, 1.807) is 29.2 Å². The number of carbonyl (C=O) groups is 3. The van der Waals surface area contributed by atoms with E-state index in [0.717, 1.165) is 43.4 Å². The van der Waals surface area contributed by atoms with E-state index in [4.69, 9.17) is 4.74 Å². The molecule has 0 bridgehead atoms. The lowest BCUT2D eigenvalue weighted by molar-refractivity contribution is -0.136. The van der Waals surface area contributed by atoms with Gasteiger partial charge in [0, 0.05) is 44.2 Å². The first-order chi connectivity index (χ1) is 16.1. The van der Waals surface area contributed by atoms with Gasteiger partial charge in [0.05, 0.1) is 0 Å². The van der Waals surface area contributed by atoms with Crippen LogP contribution in [0, 0.1) is 0 Å². The third-order valence-electron chi connectivity index (χ3n) is 6.40. The van der Waals surface area contributed by atoms with Gasteiger partial charge in [-0.2, -0.15) is 0 Å². The summed E-state index contributed by atoms with van der Waals surface area (Å²) in [5.74, 6) is 0.108. The lowest BCUT2D eigenvalue weighted by Gasteiger charge is -2.39. The normalized spacial score (nSPS) is 17.0. The summed E-state index contributed by atoms with van der Waals surface area (Å²) in [5, 5.41) is 2.90. The molecule has 4 rings (SSSR count). The second-order valence-corrected chi connectivity index (χ2v) is 8.68. The molecule has 0 atom stereocenters. The molecule has 0 aromatic heterocycles. The van der Waals surface area contributed by atoms with Crippen LogP contribution in [-0.2, 0) is 22.7 Å². The molecule has 7 heteroatoms. The van der Waals surface area contributed by atoms with Crippen LogP contribution in [0.1, 0.15) is 53.6 Å². The predicted octanol–water partition coefficient (Wildman–Crippen LogP) is 3.73. The summed E-state index contributed by atoms with van der Waals surface area (Å²) in [5.41, 5.74) is 2.44. The number of likely N-dealkylation sites (tertiary alicyclic amines) is 2. The number of carbonyl (C=O) groups excluding carboxylic acids is 3. The number of benzene rings is 2. The van der Waals surface area contributed by atoms with Crippen molar-refractivity contribution in [2.24, 2.45) is 0 Å². The number of nitrogens with zero attached hydrogens (tertiary/aromatic N) is 2. The lowest BCUT2D eigenvalue weighted by Crippen LogP contribution is -2.50. The van der Waals surface area contributed by atoms with Crippen LogP contribution in [-0.4, -0.2) is 53.4 Å². The third kappa shape index (κ3) is 6.12. The summed E-state index contributed by atoms with van der Waals surface area (Å²) >= 11 is 0. The highest BCUT2D eigenvalue weighted by Gasteiger charge is 2.31. The fourth-order valence-electron chi connectivity index (χ4n) is 4.44. The molecule has 2 aromatic rings. The number of hydrogen-bond acceptors (Lipinski definition) is 4. The highest BCUT2D eigenvalue weighted by molar-refractivity contribution is 5.94. The average molecular weight is 450 g/mol. The molecule has 2 aromatic carbocycles. The maximum atomic E-state index is 12.5. The Morgan fingerprint density at radius 1 is 0.909 bits per heavy atom. The summed E-state index contributed by atoms with van der Waals surface area (Å²) in [7, 11) is 0. The van der Waals surface area contributed by atoms with Gasteiger partial charge < -0.3 is 19.9 Å². The molecule has 2 saturated heterocycles. The second kappa shape index (κ2) is 11.0. The Hall–Kier alpha value is -3.35. The summed E-state index contributed by atoms with van der Waals surface area (Å²) < 4.78 is 5.48. The Balaban J connectivity index is 1.19. The molecule has 1 N–H and O–H groups in total. The number of ether oxygens (including phenoxy) is 1. The standard InChI is InChI=1S/C26H31N3O4/c30-24-8-4-5-15-29(24)23-13-16-28(17-14-23)26(32)33-19-21-9-11-22(12-10-21)25(31)27-18-20-6-2-1-3-7-20/h1-3,6-7,9-12,23H,4-5,8,13-19H2,(H,27,31). The van der Waals surface area contributed by atoms with Crippen molar-refractivity contribution in [1.29, 1.82) is 0 Å². The topological polar surface area (TPSA) is 79.0 Å². The predicted molar refractivity (Wildman–Crippen MR) is 124 cm³/mol. The summed E-state index contributed by atoms with van der Waals surface area (Å²) in [6.07, 6.45) is 3.97. The molecule has 33 heavy (non-hydrogen) atoms. The molecule has 2 aliphatic heterocycles. The van der Waals surface area contributed by atoms with Crippen molar-refractivity contribution in [2.75, 3.05) is 19.6 Å². The van der Waals surface area contributed by atoms with Gasteiger partial charge in [0.1, 0.15) is 6.61 Å². The largest absolute Gasteiger partial charge is 0.445 e. The summed E-state index contributed by atoms with van der Waals surface area (Å²) in [4.78, 5) is 40.7. The maximum Gasteiger partial charge on any atom is 0.410 e. The highest BCUT2D eigenvalue weighted by Crippen LogP contribution is 2.22. The van der Waals surface area contributed by atoms with Crippen molar-refractivity contribution < 1.29 is 19.1 Å². The molecule has 2 aliphatic rings. The molecule has 0 radical (unpaired) electrons. The van der Waals surface area contributed by atoms with Gasteiger partial charge in [-0.3, -0.25) is 9.59 Å². The molecule has 0 saturated carbocycles. The van der Waals surface area contributed by atoms with Crippen LogP contribution in [0.15, 0.2) is 54.6 Å². The number of hydrogen-bond donors (Lipinski definition) is 1. The number of piperidine rings is 2. The molecular formula is C26H31N3O4. The van der Waals surface area contributed by atoms with Gasteiger partial charge in [0.2, 0.25) is 5.91 Å². The zero-order chi connectivity index (χ0) is 23.0. The monoisotopic (exact) mass is 449 g/mol.